The summed E-state index contributed by atoms with van der Waals surface area (Å²) in [5.74, 6) is -0.126. The van der Waals surface area contributed by atoms with Crippen LogP contribution in [0.25, 0.3) is 0 Å². The summed E-state index contributed by atoms with van der Waals surface area (Å²) in [7, 11) is 1.61. The van der Waals surface area contributed by atoms with Gasteiger partial charge < -0.3 is 25.3 Å². The van der Waals surface area contributed by atoms with Crippen molar-refractivity contribution in [2.24, 2.45) is 11.1 Å². The minimum absolute atomic E-state index is 0.126. The molecule has 0 aromatic heterocycles. The molecule has 0 spiro atoms. The van der Waals surface area contributed by atoms with Crippen LogP contribution in [0.2, 0.25) is 0 Å². The normalized spacial score (nSPS) is 17.9. The Bertz CT molecular complexity index is 306. The van der Waals surface area contributed by atoms with Gasteiger partial charge in [0.15, 0.2) is 0 Å². The molecule has 6 nitrogen and oxygen atoms in total. The maximum atomic E-state index is 12.2. The fourth-order valence-corrected chi connectivity index (χ4v) is 2.25. The summed E-state index contributed by atoms with van der Waals surface area (Å²) >= 11 is 5.05. The standard InChI is InChI=1S/C12H22N2O4S/c1-16-8-9-18-7-4-14-11(15)12(10(13)19)2-5-17-6-3-12/h2-9H2,1H3,(H2,13,19)(H,14,15). The number of ether oxygens (including phenoxy) is 3. The van der Waals surface area contributed by atoms with Crippen molar-refractivity contribution in [3.8, 4) is 0 Å². The second kappa shape index (κ2) is 8.42. The molecule has 0 saturated carbocycles. The van der Waals surface area contributed by atoms with Crippen LogP contribution in [0.15, 0.2) is 0 Å². The first-order valence-electron chi connectivity index (χ1n) is 6.36. The van der Waals surface area contributed by atoms with Gasteiger partial charge in [-0.3, -0.25) is 4.79 Å². The van der Waals surface area contributed by atoms with E-state index in [2.05, 4.69) is 5.32 Å². The number of carbonyl (C=O) groups is 1. The molecule has 1 rings (SSSR count). The quantitative estimate of drug-likeness (QED) is 0.478. The highest BCUT2D eigenvalue weighted by atomic mass is 32.1. The van der Waals surface area contributed by atoms with E-state index < -0.39 is 5.41 Å². The van der Waals surface area contributed by atoms with Crippen LogP contribution in [-0.4, -0.2) is 57.6 Å². The Kier molecular flexibility index (Phi) is 7.22. The first-order chi connectivity index (χ1) is 9.13. The van der Waals surface area contributed by atoms with Crippen molar-refractivity contribution in [3.05, 3.63) is 0 Å². The molecule has 0 atom stereocenters. The highest BCUT2D eigenvalue weighted by Gasteiger charge is 2.42. The Morgan fingerprint density at radius 1 is 1.37 bits per heavy atom. The molecule has 1 fully saturated rings. The second-order valence-corrected chi connectivity index (χ2v) is 4.86. The summed E-state index contributed by atoms with van der Waals surface area (Å²) in [6, 6.07) is 0. The highest BCUT2D eigenvalue weighted by Crippen LogP contribution is 2.31. The maximum Gasteiger partial charge on any atom is 0.233 e. The van der Waals surface area contributed by atoms with Crippen LogP contribution in [0.5, 0.6) is 0 Å². The molecule has 110 valence electrons. The van der Waals surface area contributed by atoms with Crippen molar-refractivity contribution in [2.45, 2.75) is 12.8 Å². The van der Waals surface area contributed by atoms with Gasteiger partial charge in [0.1, 0.15) is 5.41 Å². The predicted molar refractivity (Wildman–Crippen MR) is 75.0 cm³/mol. The van der Waals surface area contributed by atoms with Crippen molar-refractivity contribution >= 4 is 23.1 Å². The predicted octanol–water partition coefficient (Wildman–Crippen LogP) is -0.151. The average molecular weight is 290 g/mol. The highest BCUT2D eigenvalue weighted by molar-refractivity contribution is 7.80. The van der Waals surface area contributed by atoms with Crippen LogP contribution in [-0.2, 0) is 19.0 Å². The average Bonchev–Trinajstić information content (AvgIpc) is 2.43. The molecule has 1 aliphatic rings. The van der Waals surface area contributed by atoms with Crippen LogP contribution < -0.4 is 11.1 Å². The summed E-state index contributed by atoms with van der Waals surface area (Å²) in [6.45, 7) is 2.96. The van der Waals surface area contributed by atoms with E-state index >= 15 is 0 Å². The third-order valence-corrected chi connectivity index (χ3v) is 3.61. The number of methoxy groups -OCH3 is 1. The van der Waals surface area contributed by atoms with Gasteiger partial charge in [-0.2, -0.15) is 0 Å². The molecule has 0 bridgehead atoms. The number of thiocarbonyl (C=S) groups is 1. The Labute approximate surface area is 118 Å². The van der Waals surface area contributed by atoms with E-state index in [0.717, 1.165) is 0 Å². The summed E-state index contributed by atoms with van der Waals surface area (Å²) in [6.07, 6.45) is 1.08. The largest absolute Gasteiger partial charge is 0.392 e. The van der Waals surface area contributed by atoms with E-state index in [1.54, 1.807) is 7.11 Å². The number of hydrogen-bond acceptors (Lipinski definition) is 5. The van der Waals surface area contributed by atoms with Gasteiger partial charge in [0.25, 0.3) is 0 Å². The van der Waals surface area contributed by atoms with Crippen LogP contribution in [0, 0.1) is 5.41 Å². The van der Waals surface area contributed by atoms with Gasteiger partial charge in [0, 0.05) is 26.9 Å². The van der Waals surface area contributed by atoms with Crippen molar-refractivity contribution < 1.29 is 19.0 Å². The molecular weight excluding hydrogens is 268 g/mol. The molecule has 3 N–H and O–H groups in total. The first-order valence-corrected chi connectivity index (χ1v) is 6.77. The zero-order valence-electron chi connectivity index (χ0n) is 11.3. The SMILES string of the molecule is COCCOCCNC(=O)C1(C(N)=S)CCOCC1. The van der Waals surface area contributed by atoms with Gasteiger partial charge >= 0.3 is 0 Å². The zero-order chi connectivity index (χ0) is 14.1. The van der Waals surface area contributed by atoms with E-state index in [0.29, 0.717) is 52.4 Å². The summed E-state index contributed by atoms with van der Waals surface area (Å²) in [5.41, 5.74) is 4.98. The lowest BCUT2D eigenvalue weighted by Gasteiger charge is -2.34. The van der Waals surface area contributed by atoms with E-state index in [4.69, 9.17) is 32.2 Å². The van der Waals surface area contributed by atoms with Crippen LogP contribution >= 0.6 is 12.2 Å². The number of nitrogens with one attached hydrogen (secondary N) is 1. The number of amides is 1. The van der Waals surface area contributed by atoms with Crippen LogP contribution in [0.1, 0.15) is 12.8 Å². The third kappa shape index (κ3) is 4.68. The van der Waals surface area contributed by atoms with Gasteiger partial charge in [0.2, 0.25) is 5.91 Å². The number of nitrogens with two attached hydrogens (primary N) is 1. The lowest BCUT2D eigenvalue weighted by Crippen LogP contribution is -2.52. The van der Waals surface area contributed by atoms with Crippen LogP contribution in [0.3, 0.4) is 0 Å². The van der Waals surface area contributed by atoms with Gasteiger partial charge in [0.05, 0.1) is 24.8 Å². The van der Waals surface area contributed by atoms with Crippen molar-refractivity contribution in [3.63, 3.8) is 0 Å². The van der Waals surface area contributed by atoms with Gasteiger partial charge in [-0.05, 0) is 12.8 Å². The number of hydrogen-bond donors (Lipinski definition) is 2. The number of carbonyl (C=O) groups excluding carboxylic acids is 1. The molecular formula is C12H22N2O4S. The molecule has 7 heteroatoms. The van der Waals surface area contributed by atoms with Crippen molar-refractivity contribution in [2.75, 3.05) is 46.7 Å². The minimum Gasteiger partial charge on any atom is -0.392 e. The minimum atomic E-state index is -0.764. The Balaban J connectivity index is 2.35. The number of rotatable bonds is 8. The lowest BCUT2D eigenvalue weighted by atomic mass is 9.79. The maximum absolute atomic E-state index is 12.2. The monoisotopic (exact) mass is 290 g/mol. The molecule has 1 amide bonds. The molecule has 0 unspecified atom stereocenters. The molecule has 19 heavy (non-hydrogen) atoms. The smallest absolute Gasteiger partial charge is 0.233 e. The molecule has 1 saturated heterocycles. The Morgan fingerprint density at radius 3 is 2.63 bits per heavy atom. The fraction of sp³-hybridized carbons (Fsp3) is 0.833. The van der Waals surface area contributed by atoms with Crippen LogP contribution in [0.4, 0.5) is 0 Å². The second-order valence-electron chi connectivity index (χ2n) is 4.42. The Hall–Kier alpha value is -0.760. The fourth-order valence-electron chi connectivity index (χ4n) is 1.96. The summed E-state index contributed by atoms with van der Waals surface area (Å²) in [5, 5.41) is 2.82. The lowest BCUT2D eigenvalue weighted by molar-refractivity contribution is -0.131. The molecule has 0 aromatic rings. The molecule has 0 aromatic carbocycles. The summed E-state index contributed by atoms with van der Waals surface area (Å²) < 4.78 is 15.4. The topological polar surface area (TPSA) is 82.8 Å². The first kappa shape index (κ1) is 16.3. The van der Waals surface area contributed by atoms with Gasteiger partial charge in [-0.15, -0.1) is 0 Å². The van der Waals surface area contributed by atoms with E-state index in [9.17, 15) is 4.79 Å². The van der Waals surface area contributed by atoms with Crippen molar-refractivity contribution in [1.29, 1.82) is 0 Å². The van der Waals surface area contributed by atoms with Gasteiger partial charge in [-0.25, -0.2) is 0 Å². The summed E-state index contributed by atoms with van der Waals surface area (Å²) in [4.78, 5) is 12.5. The molecule has 0 radical (unpaired) electrons. The Morgan fingerprint density at radius 2 is 2.05 bits per heavy atom. The molecule has 1 aliphatic heterocycles. The zero-order valence-corrected chi connectivity index (χ0v) is 12.1. The molecule has 0 aliphatic carbocycles. The third-order valence-electron chi connectivity index (χ3n) is 3.22. The van der Waals surface area contributed by atoms with E-state index in [1.807, 2.05) is 0 Å². The van der Waals surface area contributed by atoms with E-state index in [1.165, 1.54) is 0 Å². The van der Waals surface area contributed by atoms with E-state index in [-0.39, 0.29) is 10.9 Å². The molecule has 1 heterocycles. The van der Waals surface area contributed by atoms with Gasteiger partial charge in [-0.1, -0.05) is 12.2 Å². The van der Waals surface area contributed by atoms with Crippen molar-refractivity contribution in [1.82, 2.24) is 5.32 Å².